The Morgan fingerprint density at radius 1 is 1.24 bits per heavy atom. The molecule has 0 spiro atoms. The molecule has 0 amide bonds. The zero-order valence-corrected chi connectivity index (χ0v) is 11.0. The smallest absolute Gasteiger partial charge is 0.111 e. The molecule has 0 aliphatic heterocycles. The molecule has 2 aromatic heterocycles. The van der Waals surface area contributed by atoms with E-state index in [1.807, 2.05) is 24.9 Å². The van der Waals surface area contributed by atoms with E-state index < -0.39 is 0 Å². The highest BCUT2D eigenvalue weighted by atomic mass is 15.1. The lowest BCUT2D eigenvalue weighted by atomic mass is 10.2. The summed E-state index contributed by atoms with van der Waals surface area (Å²) in [5, 5.41) is 0. The van der Waals surface area contributed by atoms with Gasteiger partial charge in [-0.15, -0.1) is 0 Å². The summed E-state index contributed by atoms with van der Waals surface area (Å²) >= 11 is 0. The highest BCUT2D eigenvalue weighted by molar-refractivity contribution is 5.06. The molecule has 0 aromatic carbocycles. The summed E-state index contributed by atoms with van der Waals surface area (Å²) in [6.45, 7) is 9.51. The van der Waals surface area contributed by atoms with Gasteiger partial charge in [-0.1, -0.05) is 13.8 Å². The molecule has 0 saturated carbocycles. The standard InChI is InChI=1S/C13H20N4/c1-10(2)13-15-5-6-16(13)8-12-7-14-9-17(12)11(3)4/h5-7,9-11H,8H2,1-4H3. The lowest BCUT2D eigenvalue weighted by molar-refractivity contribution is 0.552. The molecule has 2 aromatic rings. The predicted molar refractivity (Wildman–Crippen MR) is 68.0 cm³/mol. The minimum atomic E-state index is 0.443. The summed E-state index contributed by atoms with van der Waals surface area (Å²) < 4.78 is 4.39. The van der Waals surface area contributed by atoms with Gasteiger partial charge in [-0.2, -0.15) is 0 Å². The molecule has 0 aliphatic rings. The summed E-state index contributed by atoms with van der Waals surface area (Å²) in [4.78, 5) is 8.63. The van der Waals surface area contributed by atoms with Gasteiger partial charge in [-0.25, -0.2) is 9.97 Å². The van der Waals surface area contributed by atoms with E-state index in [9.17, 15) is 0 Å². The Bertz CT molecular complexity index is 435. The molecule has 17 heavy (non-hydrogen) atoms. The van der Waals surface area contributed by atoms with Gasteiger partial charge in [0.2, 0.25) is 0 Å². The second kappa shape index (κ2) is 4.73. The van der Waals surface area contributed by atoms with Crippen LogP contribution in [0, 0.1) is 0 Å². The molecule has 2 rings (SSSR count). The first-order chi connectivity index (χ1) is 8.09. The minimum Gasteiger partial charge on any atom is -0.330 e. The fraction of sp³-hybridized carbons (Fsp3) is 0.538. The van der Waals surface area contributed by atoms with Gasteiger partial charge >= 0.3 is 0 Å². The third-order valence-electron chi connectivity index (χ3n) is 2.90. The quantitative estimate of drug-likeness (QED) is 0.812. The van der Waals surface area contributed by atoms with Crippen LogP contribution in [0.25, 0.3) is 0 Å². The third kappa shape index (κ3) is 2.40. The van der Waals surface area contributed by atoms with E-state index in [0.29, 0.717) is 12.0 Å². The Morgan fingerprint density at radius 2 is 2.00 bits per heavy atom. The number of rotatable bonds is 4. The molecule has 0 unspecified atom stereocenters. The zero-order chi connectivity index (χ0) is 12.4. The third-order valence-corrected chi connectivity index (χ3v) is 2.90. The van der Waals surface area contributed by atoms with Gasteiger partial charge in [0.05, 0.1) is 18.6 Å². The van der Waals surface area contributed by atoms with Crippen molar-refractivity contribution >= 4 is 0 Å². The summed E-state index contributed by atoms with van der Waals surface area (Å²) in [5.41, 5.74) is 1.22. The van der Waals surface area contributed by atoms with Gasteiger partial charge in [0.15, 0.2) is 0 Å². The van der Waals surface area contributed by atoms with Crippen LogP contribution >= 0.6 is 0 Å². The van der Waals surface area contributed by atoms with Gasteiger partial charge in [-0.3, -0.25) is 0 Å². The van der Waals surface area contributed by atoms with Crippen LogP contribution in [0.4, 0.5) is 0 Å². The van der Waals surface area contributed by atoms with E-state index in [-0.39, 0.29) is 0 Å². The fourth-order valence-electron chi connectivity index (χ4n) is 2.05. The van der Waals surface area contributed by atoms with E-state index in [2.05, 4.69) is 46.8 Å². The number of hydrogen-bond acceptors (Lipinski definition) is 2. The number of nitrogens with zero attached hydrogens (tertiary/aromatic N) is 4. The van der Waals surface area contributed by atoms with Crippen molar-refractivity contribution in [2.45, 2.75) is 46.2 Å². The van der Waals surface area contributed by atoms with Gasteiger partial charge in [0.1, 0.15) is 5.82 Å². The zero-order valence-electron chi connectivity index (χ0n) is 11.0. The average molecular weight is 232 g/mol. The Morgan fingerprint density at radius 3 is 2.65 bits per heavy atom. The van der Waals surface area contributed by atoms with Crippen LogP contribution in [0.2, 0.25) is 0 Å². The summed E-state index contributed by atoms with van der Waals surface area (Å²) in [7, 11) is 0. The summed E-state index contributed by atoms with van der Waals surface area (Å²) in [6, 6.07) is 0.443. The lowest BCUT2D eigenvalue weighted by Crippen LogP contribution is -2.11. The van der Waals surface area contributed by atoms with Crippen molar-refractivity contribution in [1.29, 1.82) is 0 Å². The maximum absolute atomic E-state index is 4.40. The summed E-state index contributed by atoms with van der Waals surface area (Å²) in [6.07, 6.45) is 7.73. The number of aromatic nitrogens is 4. The largest absolute Gasteiger partial charge is 0.330 e. The molecule has 0 saturated heterocycles. The maximum Gasteiger partial charge on any atom is 0.111 e. The van der Waals surface area contributed by atoms with Crippen LogP contribution in [0.15, 0.2) is 24.9 Å². The van der Waals surface area contributed by atoms with Crippen LogP contribution in [-0.4, -0.2) is 19.1 Å². The van der Waals surface area contributed by atoms with Crippen molar-refractivity contribution in [3.05, 3.63) is 36.4 Å². The first-order valence-electron chi connectivity index (χ1n) is 6.11. The molecule has 0 radical (unpaired) electrons. The van der Waals surface area contributed by atoms with Gasteiger partial charge in [0.25, 0.3) is 0 Å². The molecular weight excluding hydrogens is 212 g/mol. The molecule has 0 bridgehead atoms. The first kappa shape index (κ1) is 11.9. The average Bonchev–Trinajstić information content (AvgIpc) is 2.86. The monoisotopic (exact) mass is 232 g/mol. The van der Waals surface area contributed by atoms with Crippen molar-refractivity contribution in [3.8, 4) is 0 Å². The van der Waals surface area contributed by atoms with Crippen molar-refractivity contribution in [2.24, 2.45) is 0 Å². The van der Waals surface area contributed by atoms with Gasteiger partial charge in [-0.05, 0) is 13.8 Å². The Balaban J connectivity index is 2.25. The first-order valence-corrected chi connectivity index (χ1v) is 6.11. The van der Waals surface area contributed by atoms with Gasteiger partial charge < -0.3 is 9.13 Å². The van der Waals surface area contributed by atoms with E-state index in [1.165, 1.54) is 5.69 Å². The van der Waals surface area contributed by atoms with Gasteiger partial charge in [0, 0.05) is 30.6 Å². The van der Waals surface area contributed by atoms with Crippen LogP contribution in [0.3, 0.4) is 0 Å². The molecule has 2 heterocycles. The van der Waals surface area contributed by atoms with Crippen molar-refractivity contribution in [1.82, 2.24) is 19.1 Å². The van der Waals surface area contributed by atoms with Crippen LogP contribution in [0.5, 0.6) is 0 Å². The van der Waals surface area contributed by atoms with Crippen molar-refractivity contribution < 1.29 is 0 Å². The maximum atomic E-state index is 4.40. The van der Waals surface area contributed by atoms with E-state index in [4.69, 9.17) is 0 Å². The Labute approximate surface area is 102 Å². The van der Waals surface area contributed by atoms with Crippen LogP contribution in [0.1, 0.15) is 51.2 Å². The van der Waals surface area contributed by atoms with E-state index in [0.717, 1.165) is 12.4 Å². The molecule has 4 nitrogen and oxygen atoms in total. The molecule has 0 aliphatic carbocycles. The fourth-order valence-corrected chi connectivity index (χ4v) is 2.05. The highest BCUT2D eigenvalue weighted by Gasteiger charge is 2.10. The molecule has 0 fully saturated rings. The topological polar surface area (TPSA) is 35.6 Å². The molecule has 4 heteroatoms. The van der Waals surface area contributed by atoms with Crippen molar-refractivity contribution in [2.75, 3.05) is 0 Å². The summed E-state index contributed by atoms with van der Waals surface area (Å²) in [5.74, 6) is 1.57. The molecular formula is C13H20N4. The van der Waals surface area contributed by atoms with E-state index >= 15 is 0 Å². The molecule has 92 valence electrons. The number of hydrogen-bond donors (Lipinski definition) is 0. The highest BCUT2D eigenvalue weighted by Crippen LogP contribution is 2.15. The Hall–Kier alpha value is -1.58. The molecule has 0 N–H and O–H groups in total. The minimum absolute atomic E-state index is 0.443. The SMILES string of the molecule is CC(C)c1nccn1Cc1cncn1C(C)C. The predicted octanol–water partition coefficient (Wildman–Crippen LogP) is 2.83. The normalized spacial score (nSPS) is 11.6. The molecule has 0 atom stereocenters. The number of imidazole rings is 2. The van der Waals surface area contributed by atoms with Crippen molar-refractivity contribution in [3.63, 3.8) is 0 Å². The second-order valence-electron chi connectivity index (χ2n) is 4.95. The van der Waals surface area contributed by atoms with E-state index in [1.54, 1.807) is 0 Å². The van der Waals surface area contributed by atoms with Crippen LogP contribution in [-0.2, 0) is 6.54 Å². The lowest BCUT2D eigenvalue weighted by Gasteiger charge is -2.14. The second-order valence-corrected chi connectivity index (χ2v) is 4.95. The Kier molecular flexibility index (Phi) is 3.31. The van der Waals surface area contributed by atoms with Crippen LogP contribution < -0.4 is 0 Å².